The van der Waals surface area contributed by atoms with Gasteiger partial charge in [-0.05, 0) is 26.0 Å². The van der Waals surface area contributed by atoms with Gasteiger partial charge in [-0.1, -0.05) is 29.3 Å². The Morgan fingerprint density at radius 2 is 2.06 bits per heavy atom. The second kappa shape index (κ2) is 4.98. The number of rotatable bonds is 3. The quantitative estimate of drug-likeness (QED) is 0.886. The first kappa shape index (κ1) is 12.3. The third kappa shape index (κ3) is 2.56. The maximum absolute atomic E-state index is 6.10. The lowest BCUT2D eigenvalue weighted by atomic mass is 10.2. The van der Waals surface area contributed by atoms with E-state index in [0.29, 0.717) is 16.6 Å². The fourth-order valence-electron chi connectivity index (χ4n) is 1.66. The van der Waals surface area contributed by atoms with Gasteiger partial charge in [0.25, 0.3) is 0 Å². The van der Waals surface area contributed by atoms with Crippen LogP contribution in [0.5, 0.6) is 0 Å². The smallest absolute Gasteiger partial charge is 0.0823 e. The zero-order valence-electron chi connectivity index (χ0n) is 9.64. The van der Waals surface area contributed by atoms with Crippen molar-refractivity contribution >= 4 is 28.9 Å². The Balaban J connectivity index is 2.15. The summed E-state index contributed by atoms with van der Waals surface area (Å²) in [6.45, 7) is 4.64. The number of nitrogens with one attached hydrogen (secondary N) is 2. The van der Waals surface area contributed by atoms with Gasteiger partial charge in [-0.15, -0.1) is 0 Å². The molecular formula is C12H13Cl2N3. The molecule has 0 spiro atoms. The predicted octanol–water partition coefficient (Wildman–Crippen LogP) is 3.95. The van der Waals surface area contributed by atoms with E-state index in [2.05, 4.69) is 15.5 Å². The Morgan fingerprint density at radius 3 is 2.71 bits per heavy atom. The number of hydrogen-bond donors (Lipinski definition) is 2. The molecule has 0 aliphatic rings. The van der Waals surface area contributed by atoms with Crippen LogP contribution in [0.15, 0.2) is 18.2 Å². The van der Waals surface area contributed by atoms with E-state index >= 15 is 0 Å². The molecule has 2 rings (SSSR count). The van der Waals surface area contributed by atoms with E-state index in [0.717, 1.165) is 22.6 Å². The number of aromatic amines is 1. The second-order valence-electron chi connectivity index (χ2n) is 3.87. The Bertz CT molecular complexity index is 515. The lowest BCUT2D eigenvalue weighted by Gasteiger charge is -2.09. The number of anilines is 1. The highest BCUT2D eigenvalue weighted by Crippen LogP contribution is 2.30. The van der Waals surface area contributed by atoms with Gasteiger partial charge in [0.2, 0.25) is 0 Å². The molecule has 1 heterocycles. The van der Waals surface area contributed by atoms with E-state index in [1.165, 1.54) is 0 Å². The molecule has 0 aliphatic carbocycles. The van der Waals surface area contributed by atoms with Crippen molar-refractivity contribution in [2.24, 2.45) is 0 Å². The Hall–Kier alpha value is -1.19. The summed E-state index contributed by atoms with van der Waals surface area (Å²) in [7, 11) is 0. The number of nitrogens with zero attached hydrogens (tertiary/aromatic N) is 1. The molecule has 0 saturated carbocycles. The summed E-state index contributed by atoms with van der Waals surface area (Å²) in [6, 6.07) is 5.54. The molecule has 90 valence electrons. The molecule has 0 bridgehead atoms. The van der Waals surface area contributed by atoms with E-state index in [1.54, 1.807) is 6.07 Å². The van der Waals surface area contributed by atoms with Crippen LogP contribution < -0.4 is 5.32 Å². The first-order valence-electron chi connectivity index (χ1n) is 5.28. The molecule has 0 amide bonds. The number of benzene rings is 1. The van der Waals surface area contributed by atoms with Gasteiger partial charge in [-0.2, -0.15) is 5.10 Å². The summed E-state index contributed by atoms with van der Waals surface area (Å²) >= 11 is 12.0. The normalized spacial score (nSPS) is 10.6. The average molecular weight is 270 g/mol. The van der Waals surface area contributed by atoms with Gasteiger partial charge in [0.15, 0.2) is 0 Å². The molecule has 0 atom stereocenters. The Labute approximate surface area is 110 Å². The third-order valence-corrected chi connectivity index (χ3v) is 3.51. The summed E-state index contributed by atoms with van der Waals surface area (Å²) < 4.78 is 0. The van der Waals surface area contributed by atoms with Crippen LogP contribution in [0.2, 0.25) is 10.0 Å². The topological polar surface area (TPSA) is 40.7 Å². The van der Waals surface area contributed by atoms with Gasteiger partial charge >= 0.3 is 0 Å². The van der Waals surface area contributed by atoms with Gasteiger partial charge < -0.3 is 5.32 Å². The Morgan fingerprint density at radius 1 is 1.29 bits per heavy atom. The van der Waals surface area contributed by atoms with Crippen LogP contribution in [0, 0.1) is 13.8 Å². The standard InChI is InChI=1S/C12H13Cl2N3/c1-7-9(8(2)17-16-7)6-15-11-5-3-4-10(13)12(11)14/h3-5,15H,6H2,1-2H3,(H,16,17). The summed E-state index contributed by atoms with van der Waals surface area (Å²) in [5.74, 6) is 0. The van der Waals surface area contributed by atoms with Crippen molar-refractivity contribution in [3.05, 3.63) is 45.2 Å². The maximum Gasteiger partial charge on any atom is 0.0823 e. The molecule has 1 aromatic heterocycles. The van der Waals surface area contributed by atoms with Crippen LogP contribution in [0.4, 0.5) is 5.69 Å². The summed E-state index contributed by atoms with van der Waals surface area (Å²) in [6.07, 6.45) is 0. The van der Waals surface area contributed by atoms with Crippen molar-refractivity contribution in [2.45, 2.75) is 20.4 Å². The van der Waals surface area contributed by atoms with Crippen molar-refractivity contribution in [1.29, 1.82) is 0 Å². The predicted molar refractivity (Wildman–Crippen MR) is 71.9 cm³/mol. The molecule has 0 radical (unpaired) electrons. The monoisotopic (exact) mass is 269 g/mol. The van der Waals surface area contributed by atoms with E-state index in [1.807, 2.05) is 26.0 Å². The summed E-state index contributed by atoms with van der Waals surface area (Å²) in [4.78, 5) is 0. The molecule has 2 aromatic rings. The zero-order valence-corrected chi connectivity index (χ0v) is 11.2. The molecule has 0 saturated heterocycles. The lowest BCUT2D eigenvalue weighted by molar-refractivity contribution is 1.02. The second-order valence-corrected chi connectivity index (χ2v) is 4.65. The van der Waals surface area contributed by atoms with Crippen LogP contribution in [0.1, 0.15) is 17.0 Å². The third-order valence-electron chi connectivity index (χ3n) is 2.69. The highest BCUT2D eigenvalue weighted by molar-refractivity contribution is 6.43. The largest absolute Gasteiger partial charge is 0.380 e. The molecule has 0 unspecified atom stereocenters. The van der Waals surface area contributed by atoms with Crippen molar-refractivity contribution in [3.63, 3.8) is 0 Å². The number of H-pyrrole nitrogens is 1. The minimum atomic E-state index is 0.549. The first-order chi connectivity index (χ1) is 8.09. The number of aryl methyl sites for hydroxylation is 2. The lowest BCUT2D eigenvalue weighted by Crippen LogP contribution is -2.02. The molecule has 0 aliphatic heterocycles. The van der Waals surface area contributed by atoms with Gasteiger partial charge in [-0.3, -0.25) is 5.10 Å². The summed E-state index contributed by atoms with van der Waals surface area (Å²) in [5, 5.41) is 11.5. The van der Waals surface area contributed by atoms with Crippen molar-refractivity contribution in [1.82, 2.24) is 10.2 Å². The molecule has 2 N–H and O–H groups in total. The van der Waals surface area contributed by atoms with Gasteiger partial charge in [0, 0.05) is 17.8 Å². The highest BCUT2D eigenvalue weighted by Gasteiger charge is 2.08. The molecule has 0 fully saturated rings. The van der Waals surface area contributed by atoms with Gasteiger partial charge in [0.05, 0.1) is 21.4 Å². The van der Waals surface area contributed by atoms with Gasteiger partial charge in [-0.25, -0.2) is 0 Å². The SMILES string of the molecule is Cc1n[nH]c(C)c1CNc1cccc(Cl)c1Cl. The minimum absolute atomic E-state index is 0.549. The van der Waals surface area contributed by atoms with E-state index in [4.69, 9.17) is 23.2 Å². The zero-order chi connectivity index (χ0) is 12.4. The maximum atomic E-state index is 6.10. The fraction of sp³-hybridized carbons (Fsp3) is 0.250. The van der Waals surface area contributed by atoms with Crippen molar-refractivity contribution < 1.29 is 0 Å². The van der Waals surface area contributed by atoms with Crippen LogP contribution in [0.25, 0.3) is 0 Å². The van der Waals surface area contributed by atoms with Crippen molar-refractivity contribution in [2.75, 3.05) is 5.32 Å². The highest BCUT2D eigenvalue weighted by atomic mass is 35.5. The molecule has 1 aromatic carbocycles. The van der Waals surface area contributed by atoms with Crippen LogP contribution in [-0.2, 0) is 6.54 Å². The van der Waals surface area contributed by atoms with Crippen LogP contribution >= 0.6 is 23.2 Å². The van der Waals surface area contributed by atoms with E-state index in [-0.39, 0.29) is 0 Å². The average Bonchev–Trinajstić information content (AvgIpc) is 2.62. The van der Waals surface area contributed by atoms with Crippen LogP contribution in [-0.4, -0.2) is 10.2 Å². The van der Waals surface area contributed by atoms with Crippen molar-refractivity contribution in [3.8, 4) is 0 Å². The van der Waals surface area contributed by atoms with E-state index < -0.39 is 0 Å². The number of hydrogen-bond acceptors (Lipinski definition) is 2. The summed E-state index contributed by atoms with van der Waals surface area (Å²) in [5.41, 5.74) is 4.04. The van der Waals surface area contributed by atoms with E-state index in [9.17, 15) is 0 Å². The number of halogens is 2. The van der Waals surface area contributed by atoms with Gasteiger partial charge in [0.1, 0.15) is 0 Å². The molecule has 3 nitrogen and oxygen atoms in total. The first-order valence-corrected chi connectivity index (χ1v) is 6.03. The number of aromatic nitrogens is 2. The minimum Gasteiger partial charge on any atom is -0.380 e. The molecule has 17 heavy (non-hydrogen) atoms. The fourth-order valence-corrected chi connectivity index (χ4v) is 2.03. The Kier molecular flexibility index (Phi) is 3.60. The molecule has 5 heteroatoms. The molecular weight excluding hydrogens is 257 g/mol. The van der Waals surface area contributed by atoms with Crippen LogP contribution in [0.3, 0.4) is 0 Å².